The minimum absolute atomic E-state index is 0.148. The van der Waals surface area contributed by atoms with Crippen molar-refractivity contribution in [2.75, 3.05) is 19.0 Å². The third kappa shape index (κ3) is 2.36. The van der Waals surface area contributed by atoms with E-state index in [1.807, 2.05) is 0 Å². The van der Waals surface area contributed by atoms with Gasteiger partial charge in [-0.15, -0.1) is 0 Å². The fourth-order valence-corrected chi connectivity index (χ4v) is 2.56. The summed E-state index contributed by atoms with van der Waals surface area (Å²) in [6.45, 7) is 3.64. The molecule has 1 fully saturated rings. The Morgan fingerprint density at radius 1 is 1.59 bits per heavy atom. The molecule has 0 aliphatic carbocycles. The van der Waals surface area contributed by atoms with Crippen LogP contribution in [0.5, 0.6) is 0 Å². The van der Waals surface area contributed by atoms with Crippen LogP contribution in [-0.2, 0) is 19.1 Å². The van der Waals surface area contributed by atoms with Crippen LogP contribution < -0.4 is 0 Å². The summed E-state index contributed by atoms with van der Waals surface area (Å²) in [5.41, 5.74) is -1.01. The summed E-state index contributed by atoms with van der Waals surface area (Å²) in [7, 11) is 1.28. The second-order valence-electron chi connectivity index (χ2n) is 4.34. The van der Waals surface area contributed by atoms with Gasteiger partial charge in [-0.3, -0.25) is 9.59 Å². The number of carbonyl (C=O) groups excluding carboxylic acids is 3. The van der Waals surface area contributed by atoms with Gasteiger partial charge in [0.1, 0.15) is 11.5 Å². The van der Waals surface area contributed by atoms with Crippen LogP contribution >= 0.6 is 15.9 Å². The molecule has 1 aliphatic rings. The fourth-order valence-electron chi connectivity index (χ4n) is 1.94. The quantitative estimate of drug-likeness (QED) is 0.437. The number of rotatable bonds is 4. The van der Waals surface area contributed by atoms with Gasteiger partial charge in [-0.25, -0.2) is 4.79 Å². The van der Waals surface area contributed by atoms with E-state index < -0.39 is 17.4 Å². The molecule has 0 aromatic heterocycles. The number of carbonyl (C=O) groups is 3. The zero-order chi connectivity index (χ0) is 13.2. The molecule has 0 aromatic carbocycles. The van der Waals surface area contributed by atoms with Crippen LogP contribution in [0.25, 0.3) is 0 Å². The minimum Gasteiger partial charge on any atom is -0.467 e. The SMILES string of the molecule is COC(=O)[C@@H](C)N1CCC(C)(C(=O)CBr)C1=O. The van der Waals surface area contributed by atoms with Gasteiger partial charge in [0.2, 0.25) is 5.91 Å². The third-order valence-corrected chi connectivity index (χ3v) is 3.84. The molecule has 1 aliphatic heterocycles. The van der Waals surface area contributed by atoms with Crippen LogP contribution in [0.4, 0.5) is 0 Å². The largest absolute Gasteiger partial charge is 0.467 e. The predicted octanol–water partition coefficient (Wildman–Crippen LogP) is 0.750. The number of hydrogen-bond acceptors (Lipinski definition) is 4. The van der Waals surface area contributed by atoms with Crippen molar-refractivity contribution in [1.82, 2.24) is 4.90 Å². The van der Waals surface area contributed by atoms with Gasteiger partial charge in [0.15, 0.2) is 5.78 Å². The van der Waals surface area contributed by atoms with Crippen LogP contribution in [0, 0.1) is 5.41 Å². The molecule has 0 aromatic rings. The van der Waals surface area contributed by atoms with Crippen molar-refractivity contribution in [1.29, 1.82) is 0 Å². The van der Waals surface area contributed by atoms with Crippen molar-refractivity contribution in [3.05, 3.63) is 0 Å². The Hall–Kier alpha value is -0.910. The maximum atomic E-state index is 12.2. The number of likely N-dealkylation sites (tertiary alicyclic amines) is 1. The van der Waals surface area contributed by atoms with E-state index in [-0.39, 0.29) is 17.0 Å². The van der Waals surface area contributed by atoms with E-state index in [9.17, 15) is 14.4 Å². The van der Waals surface area contributed by atoms with Gasteiger partial charge in [0, 0.05) is 6.54 Å². The molecular formula is C11H16BrNO4. The molecule has 1 heterocycles. The monoisotopic (exact) mass is 305 g/mol. The highest BCUT2D eigenvalue weighted by molar-refractivity contribution is 9.09. The van der Waals surface area contributed by atoms with Crippen molar-refractivity contribution in [2.45, 2.75) is 26.3 Å². The minimum atomic E-state index is -1.01. The molecule has 0 spiro atoms. The third-order valence-electron chi connectivity index (χ3n) is 3.33. The molecule has 0 N–H and O–H groups in total. The van der Waals surface area contributed by atoms with Crippen LogP contribution in [0.1, 0.15) is 20.3 Å². The molecule has 17 heavy (non-hydrogen) atoms. The van der Waals surface area contributed by atoms with Gasteiger partial charge in [-0.05, 0) is 20.3 Å². The summed E-state index contributed by atoms with van der Waals surface area (Å²) in [6, 6.07) is -0.641. The number of esters is 1. The zero-order valence-corrected chi connectivity index (χ0v) is 11.7. The van der Waals surface area contributed by atoms with E-state index in [1.165, 1.54) is 12.0 Å². The van der Waals surface area contributed by atoms with Gasteiger partial charge >= 0.3 is 5.97 Å². The second kappa shape index (κ2) is 5.16. The second-order valence-corrected chi connectivity index (χ2v) is 4.90. The van der Waals surface area contributed by atoms with E-state index in [2.05, 4.69) is 20.7 Å². The molecule has 96 valence electrons. The Bertz CT molecular complexity index is 357. The smallest absolute Gasteiger partial charge is 0.328 e. The lowest BCUT2D eigenvalue weighted by Crippen LogP contribution is -2.45. The first kappa shape index (κ1) is 14.2. The number of Topliss-reactive ketones (excluding diaryl/α,β-unsaturated/α-hetero) is 1. The van der Waals surface area contributed by atoms with Crippen LogP contribution in [0.2, 0.25) is 0 Å². The van der Waals surface area contributed by atoms with Crippen LogP contribution in [-0.4, -0.2) is 47.6 Å². The molecule has 0 radical (unpaired) electrons. The number of alkyl halides is 1. The molecule has 6 heteroatoms. The summed E-state index contributed by atoms with van der Waals surface area (Å²) < 4.78 is 4.60. The first-order valence-electron chi connectivity index (χ1n) is 5.36. The predicted molar refractivity (Wildman–Crippen MR) is 64.7 cm³/mol. The Morgan fingerprint density at radius 3 is 2.65 bits per heavy atom. The molecular weight excluding hydrogens is 290 g/mol. The number of nitrogens with zero attached hydrogens (tertiary/aromatic N) is 1. The Morgan fingerprint density at radius 2 is 2.18 bits per heavy atom. The van der Waals surface area contributed by atoms with E-state index in [0.29, 0.717) is 13.0 Å². The molecule has 2 atom stereocenters. The van der Waals surface area contributed by atoms with Gasteiger partial charge in [0.25, 0.3) is 0 Å². The van der Waals surface area contributed by atoms with Crippen LogP contribution in [0.15, 0.2) is 0 Å². The number of halogens is 1. The Kier molecular flexibility index (Phi) is 4.30. The number of ether oxygens (including phenoxy) is 1. The standard InChI is InChI=1S/C11H16BrNO4/c1-7(9(15)17-3)13-5-4-11(2,10(13)16)8(14)6-12/h7H,4-6H2,1-3H3/t7-,11?/m1/s1. The van der Waals surface area contributed by atoms with E-state index in [1.54, 1.807) is 13.8 Å². The number of hydrogen-bond donors (Lipinski definition) is 0. The summed E-state index contributed by atoms with van der Waals surface area (Å²) >= 11 is 3.08. The summed E-state index contributed by atoms with van der Waals surface area (Å²) in [6.07, 6.45) is 0.442. The van der Waals surface area contributed by atoms with Crippen molar-refractivity contribution in [3.63, 3.8) is 0 Å². The fraction of sp³-hybridized carbons (Fsp3) is 0.727. The lowest BCUT2D eigenvalue weighted by Gasteiger charge is -2.25. The van der Waals surface area contributed by atoms with Crippen molar-refractivity contribution in [3.8, 4) is 0 Å². The zero-order valence-electron chi connectivity index (χ0n) is 10.2. The highest BCUT2D eigenvalue weighted by Crippen LogP contribution is 2.34. The highest BCUT2D eigenvalue weighted by Gasteiger charge is 2.49. The summed E-state index contributed by atoms with van der Waals surface area (Å²) in [4.78, 5) is 36.7. The molecule has 5 nitrogen and oxygen atoms in total. The maximum absolute atomic E-state index is 12.2. The van der Waals surface area contributed by atoms with Crippen molar-refractivity contribution >= 4 is 33.6 Å². The normalized spacial score (nSPS) is 25.9. The number of amides is 1. The molecule has 0 saturated carbocycles. The topological polar surface area (TPSA) is 63.7 Å². The lowest BCUT2D eigenvalue weighted by molar-refractivity contribution is -0.153. The Balaban J connectivity index is 2.87. The van der Waals surface area contributed by atoms with Gasteiger partial charge in [-0.1, -0.05) is 15.9 Å². The Labute approximate surface area is 109 Å². The summed E-state index contributed by atoms with van der Waals surface area (Å²) in [5.74, 6) is -0.907. The van der Waals surface area contributed by atoms with E-state index in [4.69, 9.17) is 0 Å². The maximum Gasteiger partial charge on any atom is 0.328 e. The highest BCUT2D eigenvalue weighted by atomic mass is 79.9. The van der Waals surface area contributed by atoms with Crippen molar-refractivity contribution < 1.29 is 19.1 Å². The van der Waals surface area contributed by atoms with E-state index >= 15 is 0 Å². The average Bonchev–Trinajstić information content (AvgIpc) is 2.64. The molecule has 1 saturated heterocycles. The molecule has 1 unspecified atom stereocenters. The van der Waals surface area contributed by atoms with Gasteiger partial charge in [-0.2, -0.15) is 0 Å². The van der Waals surface area contributed by atoms with Crippen LogP contribution in [0.3, 0.4) is 0 Å². The first-order chi connectivity index (χ1) is 7.88. The molecule has 1 amide bonds. The van der Waals surface area contributed by atoms with Gasteiger partial charge < -0.3 is 9.64 Å². The van der Waals surface area contributed by atoms with Crippen molar-refractivity contribution in [2.24, 2.45) is 5.41 Å². The first-order valence-corrected chi connectivity index (χ1v) is 6.48. The summed E-state index contributed by atoms with van der Waals surface area (Å²) in [5, 5.41) is 0.148. The lowest BCUT2D eigenvalue weighted by atomic mass is 9.85. The van der Waals surface area contributed by atoms with Gasteiger partial charge in [0.05, 0.1) is 12.4 Å². The average molecular weight is 306 g/mol. The number of methoxy groups -OCH3 is 1. The molecule has 0 bridgehead atoms. The molecule has 1 rings (SSSR count). The van der Waals surface area contributed by atoms with E-state index in [0.717, 1.165) is 0 Å². The number of ketones is 1.